The number of rotatable bonds is 8. The molecule has 0 unspecified atom stereocenters. The molecule has 4 nitrogen and oxygen atoms in total. The number of hydrogen-bond donors (Lipinski definition) is 1. The summed E-state index contributed by atoms with van der Waals surface area (Å²) in [5, 5.41) is 2.62. The zero-order valence-electron chi connectivity index (χ0n) is 15.3. The molecule has 9 heteroatoms. The first kappa shape index (κ1) is 22.2. The average Bonchev–Trinajstić information content (AvgIpc) is 2.66. The Morgan fingerprint density at radius 2 is 1.79 bits per heavy atom. The topological polar surface area (TPSA) is 47.6 Å². The van der Waals surface area contributed by atoms with Crippen molar-refractivity contribution in [3.8, 4) is 11.5 Å². The van der Waals surface area contributed by atoms with Crippen molar-refractivity contribution in [2.75, 3.05) is 13.7 Å². The Morgan fingerprint density at radius 3 is 2.38 bits per heavy atom. The van der Waals surface area contributed by atoms with Crippen LogP contribution in [0.25, 0.3) is 6.08 Å². The van der Waals surface area contributed by atoms with E-state index in [1.165, 1.54) is 43.5 Å². The van der Waals surface area contributed by atoms with Gasteiger partial charge in [-0.1, -0.05) is 18.2 Å². The number of carbonyl (C=O) groups excluding carboxylic acids is 1. The van der Waals surface area contributed by atoms with Gasteiger partial charge in [0, 0.05) is 12.6 Å². The first-order valence-corrected chi connectivity index (χ1v) is 8.44. The van der Waals surface area contributed by atoms with Crippen molar-refractivity contribution in [1.29, 1.82) is 0 Å². The third kappa shape index (κ3) is 7.10. The molecular weight excluding hydrogens is 397 g/mol. The lowest BCUT2D eigenvalue weighted by atomic mass is 10.1. The molecule has 0 aliphatic rings. The molecule has 0 aliphatic carbocycles. The summed E-state index contributed by atoms with van der Waals surface area (Å²) in [5.41, 5.74) is 0.419. The van der Waals surface area contributed by atoms with Crippen molar-refractivity contribution < 1.29 is 36.2 Å². The minimum atomic E-state index is -4.41. The van der Waals surface area contributed by atoms with Crippen molar-refractivity contribution in [2.24, 2.45) is 0 Å². The number of carbonyl (C=O) groups is 1. The van der Waals surface area contributed by atoms with Gasteiger partial charge < -0.3 is 14.8 Å². The normalized spacial score (nSPS) is 11.7. The van der Waals surface area contributed by atoms with Crippen LogP contribution in [0, 0.1) is 0 Å². The molecule has 2 aromatic rings. The molecule has 0 aliphatic heterocycles. The van der Waals surface area contributed by atoms with Gasteiger partial charge in [-0.2, -0.15) is 22.0 Å². The molecule has 0 saturated heterocycles. The summed E-state index contributed by atoms with van der Waals surface area (Å²) in [5.74, 6) is -0.361. The minimum Gasteiger partial charge on any atom is -0.493 e. The molecule has 0 fully saturated rings. The second-order valence-electron chi connectivity index (χ2n) is 5.86. The van der Waals surface area contributed by atoms with E-state index in [0.29, 0.717) is 12.0 Å². The molecule has 0 atom stereocenters. The molecule has 156 valence electrons. The summed E-state index contributed by atoms with van der Waals surface area (Å²) in [6.07, 6.45) is -1.39. The zero-order chi connectivity index (χ0) is 21.4. The van der Waals surface area contributed by atoms with Crippen LogP contribution >= 0.6 is 0 Å². The summed E-state index contributed by atoms with van der Waals surface area (Å²) in [4.78, 5) is 11.8. The minimum absolute atomic E-state index is 0.0882. The van der Waals surface area contributed by atoms with Crippen molar-refractivity contribution in [1.82, 2.24) is 5.32 Å². The molecule has 0 saturated carbocycles. The monoisotopic (exact) mass is 415 g/mol. The van der Waals surface area contributed by atoms with Crippen LogP contribution in [-0.2, 0) is 17.4 Å². The van der Waals surface area contributed by atoms with E-state index < -0.39 is 24.3 Å². The molecule has 0 spiro atoms. The van der Waals surface area contributed by atoms with E-state index >= 15 is 0 Å². The van der Waals surface area contributed by atoms with Crippen LogP contribution in [0.2, 0.25) is 0 Å². The summed E-state index contributed by atoms with van der Waals surface area (Å²) in [6.45, 7) is -2.71. The van der Waals surface area contributed by atoms with Crippen LogP contribution < -0.4 is 14.8 Å². The molecule has 29 heavy (non-hydrogen) atoms. The van der Waals surface area contributed by atoms with Gasteiger partial charge in [0.05, 0.1) is 12.7 Å². The van der Waals surface area contributed by atoms with Crippen LogP contribution in [0.1, 0.15) is 16.7 Å². The van der Waals surface area contributed by atoms with Crippen molar-refractivity contribution >= 4 is 12.0 Å². The lowest BCUT2D eigenvalue weighted by molar-refractivity contribution is -0.137. The number of alkyl halides is 5. The molecule has 2 rings (SSSR count). The quantitative estimate of drug-likeness (QED) is 0.503. The zero-order valence-corrected chi connectivity index (χ0v) is 15.3. The van der Waals surface area contributed by atoms with Crippen LogP contribution in [0.4, 0.5) is 22.0 Å². The van der Waals surface area contributed by atoms with Crippen LogP contribution in [0.5, 0.6) is 11.5 Å². The maximum absolute atomic E-state index is 12.5. The highest BCUT2D eigenvalue weighted by molar-refractivity contribution is 5.91. The molecular formula is C20H18F5NO3. The number of methoxy groups -OCH3 is 1. The lowest BCUT2D eigenvalue weighted by Crippen LogP contribution is -2.23. The van der Waals surface area contributed by atoms with E-state index in [0.717, 1.165) is 17.7 Å². The fraction of sp³-hybridized carbons (Fsp3) is 0.250. The van der Waals surface area contributed by atoms with Crippen molar-refractivity contribution in [3.05, 3.63) is 65.2 Å². The number of benzene rings is 2. The summed E-state index contributed by atoms with van der Waals surface area (Å²) >= 11 is 0. The smallest absolute Gasteiger partial charge is 0.416 e. The van der Waals surface area contributed by atoms with E-state index in [2.05, 4.69) is 10.1 Å². The Bertz CT molecular complexity index is 848. The number of amides is 1. The Balaban J connectivity index is 1.86. The van der Waals surface area contributed by atoms with Gasteiger partial charge in [-0.15, -0.1) is 0 Å². The Labute approximate surface area is 163 Å². The summed E-state index contributed by atoms with van der Waals surface area (Å²) < 4.78 is 71.5. The SMILES string of the molecule is COc1cc(CCNC(=O)/C=C/c2ccc(C(F)(F)F)cc2)ccc1OC(F)F. The first-order chi connectivity index (χ1) is 13.7. The maximum atomic E-state index is 12.5. The Kier molecular flexibility index (Phi) is 7.58. The number of halogens is 5. The van der Waals surface area contributed by atoms with Crippen LogP contribution in [-0.4, -0.2) is 26.2 Å². The van der Waals surface area contributed by atoms with Gasteiger partial charge in [-0.05, 0) is 47.9 Å². The standard InChI is InChI=1S/C20H18F5NO3/c1-28-17-12-14(4-8-16(17)29-19(21)22)10-11-26-18(27)9-5-13-2-6-15(7-3-13)20(23,24)25/h2-9,12,19H,10-11H2,1H3,(H,26,27)/b9-5+. The highest BCUT2D eigenvalue weighted by atomic mass is 19.4. The molecule has 2 aromatic carbocycles. The Hall–Kier alpha value is -3.10. The highest BCUT2D eigenvalue weighted by Crippen LogP contribution is 2.30. The third-order valence-corrected chi connectivity index (χ3v) is 3.82. The molecule has 1 N–H and O–H groups in total. The average molecular weight is 415 g/mol. The first-order valence-electron chi connectivity index (χ1n) is 8.44. The number of hydrogen-bond acceptors (Lipinski definition) is 3. The van der Waals surface area contributed by atoms with Crippen LogP contribution in [0.15, 0.2) is 48.5 Å². The Morgan fingerprint density at radius 1 is 1.10 bits per heavy atom. The summed E-state index contributed by atoms with van der Waals surface area (Å²) in [6, 6.07) is 8.86. The van der Waals surface area contributed by atoms with E-state index in [-0.39, 0.29) is 18.0 Å². The van der Waals surface area contributed by atoms with Gasteiger partial charge in [0.15, 0.2) is 11.5 Å². The van der Waals surface area contributed by atoms with Gasteiger partial charge in [0.1, 0.15) is 0 Å². The van der Waals surface area contributed by atoms with Gasteiger partial charge in [-0.25, -0.2) is 0 Å². The second-order valence-corrected chi connectivity index (χ2v) is 5.86. The third-order valence-electron chi connectivity index (χ3n) is 3.82. The van der Waals surface area contributed by atoms with E-state index in [1.807, 2.05) is 0 Å². The largest absolute Gasteiger partial charge is 0.493 e. The predicted octanol–water partition coefficient (Wildman–Crippen LogP) is 4.69. The van der Waals surface area contributed by atoms with Crippen molar-refractivity contribution in [2.45, 2.75) is 19.2 Å². The van der Waals surface area contributed by atoms with E-state index in [1.54, 1.807) is 6.07 Å². The fourth-order valence-corrected chi connectivity index (χ4v) is 2.40. The van der Waals surface area contributed by atoms with Gasteiger partial charge in [-0.3, -0.25) is 4.79 Å². The van der Waals surface area contributed by atoms with Gasteiger partial charge in [0.2, 0.25) is 5.91 Å². The molecule has 0 aromatic heterocycles. The van der Waals surface area contributed by atoms with E-state index in [4.69, 9.17) is 4.74 Å². The predicted molar refractivity (Wildman–Crippen MR) is 96.8 cm³/mol. The molecule has 1 amide bonds. The fourth-order valence-electron chi connectivity index (χ4n) is 2.40. The highest BCUT2D eigenvalue weighted by Gasteiger charge is 2.29. The summed E-state index contributed by atoms with van der Waals surface area (Å²) in [7, 11) is 1.32. The second kappa shape index (κ2) is 9.90. The molecule has 0 bridgehead atoms. The van der Waals surface area contributed by atoms with E-state index in [9.17, 15) is 26.7 Å². The molecule has 0 radical (unpaired) electrons. The van der Waals surface area contributed by atoms with Gasteiger partial charge in [0.25, 0.3) is 0 Å². The number of ether oxygens (including phenoxy) is 2. The lowest BCUT2D eigenvalue weighted by Gasteiger charge is -2.11. The molecule has 0 heterocycles. The van der Waals surface area contributed by atoms with Crippen molar-refractivity contribution in [3.63, 3.8) is 0 Å². The maximum Gasteiger partial charge on any atom is 0.416 e. The van der Waals surface area contributed by atoms with Crippen LogP contribution in [0.3, 0.4) is 0 Å². The van der Waals surface area contributed by atoms with Gasteiger partial charge >= 0.3 is 12.8 Å². The number of nitrogens with one attached hydrogen (secondary N) is 1.